The van der Waals surface area contributed by atoms with E-state index >= 15 is 0 Å². The molecule has 4 aromatic heterocycles. The van der Waals surface area contributed by atoms with Crippen LogP contribution in [0.25, 0.3) is 100 Å². The minimum absolute atomic E-state index is 0. The van der Waals surface area contributed by atoms with Crippen molar-refractivity contribution in [1.29, 1.82) is 0 Å². The van der Waals surface area contributed by atoms with Gasteiger partial charge in [0.2, 0.25) is 0 Å². The summed E-state index contributed by atoms with van der Waals surface area (Å²) in [6.45, 7) is 4.29. The second-order valence-electron chi connectivity index (χ2n) is 14.9. The first-order valence-electron chi connectivity index (χ1n) is 19.5. The van der Waals surface area contributed by atoms with Crippen molar-refractivity contribution in [3.63, 3.8) is 0 Å². The molecule has 11 rings (SSSR count). The molecule has 283 valence electrons. The van der Waals surface area contributed by atoms with E-state index < -0.39 is 0 Å². The van der Waals surface area contributed by atoms with E-state index in [1.165, 1.54) is 21.9 Å². The number of benzene rings is 7. The van der Waals surface area contributed by atoms with Crippen LogP contribution in [-0.4, -0.2) is 29.1 Å². The average Bonchev–Trinajstić information content (AvgIpc) is 3.77. The molecule has 0 saturated heterocycles. The SMILES string of the molecule is Cc1ccc(-n2c3ccc(-c4nc(-c5ccccc5)nc(-c5ccccc5)n4)cc3c3cc4c5cc(C)ccc5n(-c5cc[c-]c(-c6ccccn6)c5)c4cc32)cc1.[Ir]. The van der Waals surface area contributed by atoms with Crippen molar-refractivity contribution < 1.29 is 20.1 Å². The number of hydrogen-bond acceptors (Lipinski definition) is 4. The molecule has 0 saturated carbocycles. The minimum Gasteiger partial charge on any atom is -0.327 e. The third-order valence-electron chi connectivity index (χ3n) is 11.0. The van der Waals surface area contributed by atoms with Crippen molar-refractivity contribution in [1.82, 2.24) is 29.1 Å². The molecule has 0 aliphatic carbocycles. The summed E-state index contributed by atoms with van der Waals surface area (Å²) < 4.78 is 4.77. The molecule has 0 fully saturated rings. The number of hydrogen-bond donors (Lipinski definition) is 0. The molecule has 59 heavy (non-hydrogen) atoms. The van der Waals surface area contributed by atoms with Crippen LogP contribution >= 0.6 is 0 Å². The Morgan fingerprint density at radius 2 is 0.983 bits per heavy atom. The molecule has 11 aromatic rings. The number of aryl methyl sites for hydroxylation is 2. The molecule has 7 aromatic carbocycles. The molecule has 0 aliphatic rings. The summed E-state index contributed by atoms with van der Waals surface area (Å²) in [5.74, 6) is 1.91. The molecule has 0 amide bonds. The molecule has 4 heterocycles. The molecule has 0 bridgehead atoms. The monoisotopic (exact) mass is 936 g/mol. The van der Waals surface area contributed by atoms with Crippen LogP contribution < -0.4 is 0 Å². The van der Waals surface area contributed by atoms with Gasteiger partial charge in [0, 0.05) is 70.2 Å². The Hall–Kier alpha value is -7.05. The van der Waals surface area contributed by atoms with E-state index in [0.29, 0.717) is 17.5 Å². The molecule has 0 N–H and O–H groups in total. The van der Waals surface area contributed by atoms with E-state index in [4.69, 9.17) is 15.0 Å². The van der Waals surface area contributed by atoms with E-state index in [1.54, 1.807) is 0 Å². The van der Waals surface area contributed by atoms with Crippen molar-refractivity contribution >= 4 is 43.6 Å². The van der Waals surface area contributed by atoms with Crippen LogP contribution in [0, 0.1) is 19.9 Å². The molecule has 7 heteroatoms. The number of nitrogens with zero attached hydrogens (tertiary/aromatic N) is 6. The second kappa shape index (κ2) is 14.7. The molecule has 6 nitrogen and oxygen atoms in total. The van der Waals surface area contributed by atoms with Gasteiger partial charge in [-0.25, -0.2) is 15.0 Å². The van der Waals surface area contributed by atoms with Crippen molar-refractivity contribution in [2.45, 2.75) is 13.8 Å². The first-order valence-corrected chi connectivity index (χ1v) is 19.5. The van der Waals surface area contributed by atoms with Crippen LogP contribution in [-0.2, 0) is 20.1 Å². The van der Waals surface area contributed by atoms with Gasteiger partial charge in [0.1, 0.15) is 0 Å². The smallest absolute Gasteiger partial charge is 0.164 e. The quantitative estimate of drug-likeness (QED) is 0.156. The van der Waals surface area contributed by atoms with Crippen molar-refractivity contribution in [3.8, 4) is 56.8 Å². The predicted molar refractivity (Wildman–Crippen MR) is 236 cm³/mol. The van der Waals surface area contributed by atoms with Crippen molar-refractivity contribution in [2.75, 3.05) is 0 Å². The topological polar surface area (TPSA) is 61.4 Å². The third-order valence-corrected chi connectivity index (χ3v) is 11.0. The van der Waals surface area contributed by atoms with Gasteiger partial charge < -0.3 is 14.1 Å². The van der Waals surface area contributed by atoms with Gasteiger partial charge in [0.15, 0.2) is 17.5 Å². The number of fused-ring (bicyclic) bond motifs is 6. The molecule has 1 radical (unpaired) electrons. The number of rotatable bonds is 6. The van der Waals surface area contributed by atoms with Gasteiger partial charge in [-0.15, -0.1) is 29.8 Å². The largest absolute Gasteiger partial charge is 0.327 e. The Kier molecular flexibility index (Phi) is 9.05. The molecule has 0 unspecified atom stereocenters. The summed E-state index contributed by atoms with van der Waals surface area (Å²) in [6, 6.07) is 62.9. The summed E-state index contributed by atoms with van der Waals surface area (Å²) in [5.41, 5.74) is 13.7. The fourth-order valence-electron chi connectivity index (χ4n) is 8.24. The van der Waals surface area contributed by atoms with Gasteiger partial charge in [-0.1, -0.05) is 102 Å². The molecule has 0 spiro atoms. The predicted octanol–water partition coefficient (Wildman–Crippen LogP) is 12.5. The molecule has 0 atom stereocenters. The van der Waals surface area contributed by atoms with Gasteiger partial charge in [-0.3, -0.25) is 0 Å². The Balaban J connectivity index is 0.00000420. The maximum absolute atomic E-state index is 5.09. The van der Waals surface area contributed by atoms with E-state index in [9.17, 15) is 0 Å². The van der Waals surface area contributed by atoms with Gasteiger partial charge in [0.25, 0.3) is 0 Å². The van der Waals surface area contributed by atoms with Gasteiger partial charge in [-0.05, 0) is 85.9 Å². The van der Waals surface area contributed by atoms with Crippen LogP contribution in [0.15, 0.2) is 176 Å². The zero-order valence-corrected chi connectivity index (χ0v) is 34.7. The maximum Gasteiger partial charge on any atom is 0.164 e. The standard InChI is InChI=1S/C52H35N6.Ir/c1-33-19-23-39(24-20-33)57-47-26-22-38(52-55-50(35-12-5-3-6-13-35)54-51(56-52)36-14-7-4-8-15-36)30-42(47)44-31-43-41-28-34(2)21-25-46(41)58(49(43)32-48(44)57)40-17-11-16-37(29-40)45-18-9-10-27-53-45;/h3-15,17-32H,1-2H3;/q-1;. The summed E-state index contributed by atoms with van der Waals surface area (Å²) in [4.78, 5) is 19.8. The van der Waals surface area contributed by atoms with E-state index in [2.05, 4.69) is 119 Å². The molecular weight excluding hydrogens is 901 g/mol. The average molecular weight is 936 g/mol. The van der Waals surface area contributed by atoms with Crippen molar-refractivity contribution in [2.24, 2.45) is 0 Å². The second-order valence-corrected chi connectivity index (χ2v) is 14.9. The number of aromatic nitrogens is 6. The zero-order valence-electron chi connectivity index (χ0n) is 32.3. The third kappa shape index (κ3) is 6.32. The summed E-state index contributed by atoms with van der Waals surface area (Å²) in [6.07, 6.45) is 1.83. The number of pyridine rings is 1. The van der Waals surface area contributed by atoms with E-state index in [1.807, 2.05) is 91.1 Å². The normalized spacial score (nSPS) is 11.4. The Labute approximate surface area is 354 Å². The molecule has 0 aliphatic heterocycles. The van der Waals surface area contributed by atoms with Gasteiger partial charge >= 0.3 is 0 Å². The molecular formula is C52H35IrN6-. The maximum atomic E-state index is 5.09. The Morgan fingerprint density at radius 3 is 1.63 bits per heavy atom. The van der Waals surface area contributed by atoms with E-state index in [0.717, 1.165) is 72.2 Å². The van der Waals surface area contributed by atoms with Crippen molar-refractivity contribution in [3.05, 3.63) is 193 Å². The minimum atomic E-state index is 0. The van der Waals surface area contributed by atoms with Crippen LogP contribution in [0.3, 0.4) is 0 Å². The summed E-state index contributed by atoms with van der Waals surface area (Å²) >= 11 is 0. The Bertz CT molecular complexity index is 3280. The van der Waals surface area contributed by atoms with Gasteiger partial charge in [-0.2, -0.15) is 0 Å². The fraction of sp³-hybridized carbons (Fsp3) is 0.0385. The zero-order chi connectivity index (χ0) is 38.7. The van der Waals surface area contributed by atoms with Crippen LogP contribution in [0.2, 0.25) is 0 Å². The fourth-order valence-corrected chi connectivity index (χ4v) is 8.24. The van der Waals surface area contributed by atoms with Crippen LogP contribution in [0.4, 0.5) is 0 Å². The Morgan fingerprint density at radius 1 is 0.424 bits per heavy atom. The summed E-state index contributed by atoms with van der Waals surface area (Å²) in [5, 5.41) is 4.67. The van der Waals surface area contributed by atoms with Crippen LogP contribution in [0.5, 0.6) is 0 Å². The summed E-state index contributed by atoms with van der Waals surface area (Å²) in [7, 11) is 0. The first kappa shape index (κ1) is 36.3. The van der Waals surface area contributed by atoms with E-state index in [-0.39, 0.29) is 20.1 Å². The van der Waals surface area contributed by atoms with Gasteiger partial charge in [0.05, 0.1) is 22.1 Å². The van der Waals surface area contributed by atoms with Crippen LogP contribution in [0.1, 0.15) is 11.1 Å². The first-order chi connectivity index (χ1) is 28.6.